The molecule has 132 valence electrons. The van der Waals surface area contributed by atoms with Gasteiger partial charge in [0.05, 0.1) is 11.9 Å². The predicted molar refractivity (Wildman–Crippen MR) is 106 cm³/mol. The maximum Gasteiger partial charge on any atom is 0.339 e. The molecule has 1 aromatic heterocycles. The van der Waals surface area contributed by atoms with Crippen LogP contribution < -0.4 is 10.7 Å². The van der Waals surface area contributed by atoms with Crippen molar-refractivity contribution in [1.29, 1.82) is 0 Å². The van der Waals surface area contributed by atoms with E-state index in [-0.39, 0.29) is 0 Å². The highest BCUT2D eigenvalue weighted by Crippen LogP contribution is 2.15. The van der Waals surface area contributed by atoms with Crippen LogP contribution in [0.2, 0.25) is 5.02 Å². The van der Waals surface area contributed by atoms with Crippen molar-refractivity contribution in [3.8, 4) is 5.69 Å². The van der Waals surface area contributed by atoms with Crippen LogP contribution in [0.3, 0.4) is 0 Å². The van der Waals surface area contributed by atoms with Crippen molar-refractivity contribution in [2.24, 2.45) is 5.10 Å². The van der Waals surface area contributed by atoms with Gasteiger partial charge >= 0.3 is 6.03 Å². The fourth-order valence-corrected chi connectivity index (χ4v) is 2.83. The Morgan fingerprint density at radius 1 is 1.08 bits per heavy atom. The second-order valence-electron chi connectivity index (χ2n) is 5.98. The summed E-state index contributed by atoms with van der Waals surface area (Å²) in [4.78, 5) is 12.0. The lowest BCUT2D eigenvalue weighted by molar-refractivity contribution is 0.252. The third-order valence-electron chi connectivity index (χ3n) is 3.73. The van der Waals surface area contributed by atoms with Gasteiger partial charge in [-0.1, -0.05) is 17.7 Å². The summed E-state index contributed by atoms with van der Waals surface area (Å²) < 4.78 is 1.95. The van der Waals surface area contributed by atoms with Crippen molar-refractivity contribution >= 4 is 29.5 Å². The Bertz CT molecular complexity index is 924. The molecule has 26 heavy (non-hydrogen) atoms. The van der Waals surface area contributed by atoms with E-state index < -0.39 is 6.03 Å². The Hall–Kier alpha value is -3.05. The number of rotatable bonds is 4. The number of carbonyl (C=O) groups is 1. The molecule has 0 bridgehead atoms. The number of amides is 2. The van der Waals surface area contributed by atoms with Gasteiger partial charge in [-0.2, -0.15) is 5.10 Å². The van der Waals surface area contributed by atoms with Crippen LogP contribution in [0.25, 0.3) is 5.69 Å². The number of aryl methyl sites for hydroxylation is 2. The van der Waals surface area contributed by atoms with Gasteiger partial charge in [-0.3, -0.25) is 0 Å². The summed E-state index contributed by atoms with van der Waals surface area (Å²) in [5.74, 6) is 0. The van der Waals surface area contributed by atoms with Gasteiger partial charge in [0, 0.05) is 22.6 Å². The maximum absolute atomic E-state index is 12.0. The lowest BCUT2D eigenvalue weighted by atomic mass is 10.1. The Balaban J connectivity index is 1.65. The Morgan fingerprint density at radius 2 is 1.77 bits per heavy atom. The molecule has 0 aliphatic heterocycles. The van der Waals surface area contributed by atoms with Crippen LogP contribution in [-0.2, 0) is 0 Å². The van der Waals surface area contributed by atoms with E-state index in [0.717, 1.165) is 28.2 Å². The lowest BCUT2D eigenvalue weighted by Crippen LogP contribution is -2.24. The normalized spacial score (nSPS) is 10.9. The number of urea groups is 1. The van der Waals surface area contributed by atoms with Gasteiger partial charge in [0.15, 0.2) is 0 Å². The molecule has 0 aliphatic carbocycles. The summed E-state index contributed by atoms with van der Waals surface area (Å²) in [6, 6.07) is 16.8. The smallest absolute Gasteiger partial charge is 0.316 e. The van der Waals surface area contributed by atoms with Crippen LogP contribution in [0.5, 0.6) is 0 Å². The molecule has 0 saturated carbocycles. The molecule has 0 saturated heterocycles. The Kier molecular flexibility index (Phi) is 5.39. The van der Waals surface area contributed by atoms with E-state index in [1.807, 2.05) is 79.2 Å². The summed E-state index contributed by atoms with van der Waals surface area (Å²) in [7, 11) is 0. The molecule has 0 aliphatic rings. The van der Waals surface area contributed by atoms with Crippen molar-refractivity contribution in [3.63, 3.8) is 0 Å². The number of hydrogen-bond acceptors (Lipinski definition) is 2. The van der Waals surface area contributed by atoms with E-state index in [2.05, 4.69) is 15.8 Å². The number of benzene rings is 2. The molecule has 2 amide bonds. The van der Waals surface area contributed by atoms with Crippen LogP contribution >= 0.6 is 11.6 Å². The molecule has 0 unspecified atom stereocenters. The molecule has 3 aromatic rings. The number of nitrogens with zero attached hydrogens (tertiary/aromatic N) is 2. The standard InChI is InChI=1S/C20H19ClN4O/c1-14-10-15(2)12-17(11-14)23-20(26)24-22-13-19-4-3-9-25(19)18-7-5-16(21)6-8-18/h3-13H,1-2H3,(H2,23,24,26)/b22-13+. The Labute approximate surface area is 157 Å². The third kappa shape index (κ3) is 4.52. The van der Waals surface area contributed by atoms with Crippen LogP contribution in [0.1, 0.15) is 16.8 Å². The van der Waals surface area contributed by atoms with Crippen molar-refractivity contribution in [2.45, 2.75) is 13.8 Å². The first-order valence-corrected chi connectivity index (χ1v) is 8.51. The van der Waals surface area contributed by atoms with Gasteiger partial charge in [0.2, 0.25) is 0 Å². The monoisotopic (exact) mass is 366 g/mol. The molecule has 2 N–H and O–H groups in total. The van der Waals surface area contributed by atoms with Gasteiger partial charge in [0.25, 0.3) is 0 Å². The molecule has 0 spiro atoms. The van der Waals surface area contributed by atoms with Gasteiger partial charge in [-0.05, 0) is 73.5 Å². The molecule has 3 rings (SSSR count). The minimum absolute atomic E-state index is 0.393. The number of hydrogen-bond donors (Lipinski definition) is 2. The van der Waals surface area contributed by atoms with Crippen LogP contribution in [0.15, 0.2) is 65.9 Å². The van der Waals surface area contributed by atoms with Crippen LogP contribution in [0, 0.1) is 13.8 Å². The van der Waals surface area contributed by atoms with Crippen molar-refractivity contribution < 1.29 is 4.79 Å². The molecular formula is C20H19ClN4O. The molecule has 0 atom stereocenters. The number of halogens is 1. The zero-order chi connectivity index (χ0) is 18.5. The number of anilines is 1. The second-order valence-corrected chi connectivity index (χ2v) is 6.42. The quantitative estimate of drug-likeness (QED) is 0.500. The zero-order valence-electron chi connectivity index (χ0n) is 14.5. The maximum atomic E-state index is 12.0. The average molecular weight is 367 g/mol. The second kappa shape index (κ2) is 7.89. The van der Waals surface area contributed by atoms with Crippen LogP contribution in [-0.4, -0.2) is 16.8 Å². The molecular weight excluding hydrogens is 348 g/mol. The molecule has 0 radical (unpaired) electrons. The number of hydrazone groups is 1. The van der Waals surface area contributed by atoms with Gasteiger partial charge in [-0.15, -0.1) is 0 Å². The minimum Gasteiger partial charge on any atom is -0.316 e. The minimum atomic E-state index is -0.393. The predicted octanol–water partition coefficient (Wildman–Crippen LogP) is 4.90. The third-order valence-corrected chi connectivity index (χ3v) is 3.98. The highest BCUT2D eigenvalue weighted by molar-refractivity contribution is 6.30. The molecule has 0 fully saturated rings. The van der Waals surface area contributed by atoms with E-state index in [1.54, 1.807) is 6.21 Å². The fraction of sp³-hybridized carbons (Fsp3) is 0.100. The van der Waals surface area contributed by atoms with E-state index in [1.165, 1.54) is 0 Å². The SMILES string of the molecule is Cc1cc(C)cc(NC(=O)N/N=C/c2cccn2-c2ccc(Cl)cc2)c1. The number of carbonyl (C=O) groups excluding carboxylic acids is 1. The van der Waals surface area contributed by atoms with E-state index in [9.17, 15) is 4.79 Å². The summed E-state index contributed by atoms with van der Waals surface area (Å²) in [6.45, 7) is 3.97. The highest BCUT2D eigenvalue weighted by atomic mass is 35.5. The first-order chi connectivity index (χ1) is 12.5. The fourth-order valence-electron chi connectivity index (χ4n) is 2.70. The van der Waals surface area contributed by atoms with E-state index in [4.69, 9.17) is 11.6 Å². The molecule has 6 heteroatoms. The number of nitrogens with one attached hydrogen (secondary N) is 2. The summed E-state index contributed by atoms with van der Waals surface area (Å²) in [6.07, 6.45) is 3.51. The lowest BCUT2D eigenvalue weighted by Gasteiger charge is -2.07. The largest absolute Gasteiger partial charge is 0.339 e. The van der Waals surface area contributed by atoms with Crippen molar-refractivity contribution in [3.05, 3.63) is 82.6 Å². The van der Waals surface area contributed by atoms with Gasteiger partial charge in [-0.25, -0.2) is 10.2 Å². The summed E-state index contributed by atoms with van der Waals surface area (Å²) in [5.41, 5.74) is 7.18. The molecule has 1 heterocycles. The van der Waals surface area contributed by atoms with E-state index >= 15 is 0 Å². The number of aromatic nitrogens is 1. The van der Waals surface area contributed by atoms with E-state index in [0.29, 0.717) is 5.02 Å². The Morgan fingerprint density at radius 3 is 2.46 bits per heavy atom. The van der Waals surface area contributed by atoms with Crippen molar-refractivity contribution in [1.82, 2.24) is 9.99 Å². The van der Waals surface area contributed by atoms with Crippen molar-refractivity contribution in [2.75, 3.05) is 5.32 Å². The first-order valence-electron chi connectivity index (χ1n) is 8.13. The molecule has 5 nitrogen and oxygen atoms in total. The van der Waals surface area contributed by atoms with Gasteiger partial charge in [0.1, 0.15) is 0 Å². The van der Waals surface area contributed by atoms with Crippen LogP contribution in [0.4, 0.5) is 10.5 Å². The van der Waals surface area contributed by atoms with Gasteiger partial charge < -0.3 is 9.88 Å². The summed E-state index contributed by atoms with van der Waals surface area (Å²) in [5, 5.41) is 7.48. The first kappa shape index (κ1) is 17.8. The topological polar surface area (TPSA) is 58.4 Å². The molecule has 2 aromatic carbocycles. The average Bonchev–Trinajstić information content (AvgIpc) is 3.03. The highest BCUT2D eigenvalue weighted by Gasteiger charge is 2.03. The summed E-state index contributed by atoms with van der Waals surface area (Å²) >= 11 is 5.93. The zero-order valence-corrected chi connectivity index (χ0v) is 15.3.